The number of aliphatic hydroxyl groups excluding tert-OH is 2. The first-order valence-electron chi connectivity index (χ1n) is 28.6. The second-order valence-corrected chi connectivity index (χ2v) is 20.9. The Hall–Kier alpha value is -6.55. The zero-order valence-corrected chi connectivity index (χ0v) is 45.7. The van der Waals surface area contributed by atoms with E-state index in [9.17, 15) is 25.1 Å². The summed E-state index contributed by atoms with van der Waals surface area (Å²) in [6.07, 6.45) is 21.0. The molecule has 15 heteroatoms. The van der Waals surface area contributed by atoms with Crippen molar-refractivity contribution in [2.45, 2.75) is 153 Å². The van der Waals surface area contributed by atoms with Gasteiger partial charge in [-0.05, 0) is 108 Å². The molecule has 78 heavy (non-hydrogen) atoms. The summed E-state index contributed by atoms with van der Waals surface area (Å²) in [5.41, 5.74) is 3.66. The number of carbonyl (C=O) groups excluding carboxylic acids is 2. The third-order valence-corrected chi connectivity index (χ3v) is 15.6. The molecule has 0 aromatic heterocycles. The minimum Gasteiger partial charge on any atom is -0.459 e. The van der Waals surface area contributed by atoms with Gasteiger partial charge in [0, 0.05) is 49.8 Å². The zero-order chi connectivity index (χ0) is 55.1. The average molecular weight is 1070 g/mol. The lowest BCUT2D eigenvalue weighted by molar-refractivity contribution is -0.384. The number of ether oxygens (including phenoxy) is 4. The lowest BCUT2D eigenvalue weighted by atomic mass is 9.55. The van der Waals surface area contributed by atoms with E-state index in [4.69, 9.17) is 28.9 Å². The molecule has 6 atom stereocenters. The molecule has 7 rings (SSSR count). The first-order chi connectivity index (χ1) is 38.2. The minimum absolute atomic E-state index is 0.0000393. The summed E-state index contributed by atoms with van der Waals surface area (Å²) in [6, 6.07) is 24.7. The van der Waals surface area contributed by atoms with Gasteiger partial charge in [-0.3, -0.25) is 15.0 Å². The lowest BCUT2D eigenvalue weighted by Gasteiger charge is -2.59. The van der Waals surface area contributed by atoms with Gasteiger partial charge in [-0.1, -0.05) is 143 Å². The van der Waals surface area contributed by atoms with Crippen LogP contribution in [0.15, 0.2) is 127 Å². The molecule has 420 valence electrons. The number of oxime groups is 1. The van der Waals surface area contributed by atoms with E-state index in [0.29, 0.717) is 61.4 Å². The molecule has 0 spiro atoms. The fourth-order valence-electron chi connectivity index (χ4n) is 11.8. The van der Waals surface area contributed by atoms with Crippen molar-refractivity contribution in [3.63, 3.8) is 0 Å². The van der Waals surface area contributed by atoms with Gasteiger partial charge in [0.05, 0.1) is 36.3 Å². The van der Waals surface area contributed by atoms with Crippen molar-refractivity contribution in [1.82, 2.24) is 10.2 Å². The number of non-ortho nitro benzene ring substituents is 1. The predicted molar refractivity (Wildman–Crippen MR) is 304 cm³/mol. The van der Waals surface area contributed by atoms with Gasteiger partial charge < -0.3 is 39.3 Å². The molecule has 0 saturated heterocycles. The number of aliphatic hydroxyl groups is 2. The highest BCUT2D eigenvalue weighted by atomic mass is 16.7. The Morgan fingerprint density at radius 1 is 0.872 bits per heavy atom. The van der Waals surface area contributed by atoms with E-state index in [1.54, 1.807) is 35.3 Å². The number of allylic oxidation sites excluding steroid dienone is 1. The fourth-order valence-corrected chi connectivity index (χ4v) is 11.8. The van der Waals surface area contributed by atoms with Crippen LogP contribution in [-0.2, 0) is 27.5 Å². The molecule has 1 aliphatic heterocycles. The monoisotopic (exact) mass is 1070 g/mol. The number of unbranched alkanes of at least 4 members (excludes halogenated alkanes) is 11. The smallest absolute Gasteiger partial charge is 0.412 e. The quantitative estimate of drug-likeness (QED) is 0.0178. The van der Waals surface area contributed by atoms with Gasteiger partial charge in [-0.2, -0.15) is 0 Å². The van der Waals surface area contributed by atoms with E-state index in [1.165, 1.54) is 57.1 Å². The second kappa shape index (κ2) is 30.6. The summed E-state index contributed by atoms with van der Waals surface area (Å²) < 4.78 is 26.9. The maximum Gasteiger partial charge on any atom is 0.412 e. The van der Waals surface area contributed by atoms with E-state index in [1.807, 2.05) is 54.6 Å². The van der Waals surface area contributed by atoms with Gasteiger partial charge >= 0.3 is 12.2 Å². The number of hydrogen-bond donors (Lipinski definition) is 3. The number of nitro groups is 1. The van der Waals surface area contributed by atoms with Crippen molar-refractivity contribution in [2.24, 2.45) is 22.9 Å². The molecule has 1 fully saturated rings. The van der Waals surface area contributed by atoms with E-state index < -0.39 is 40.8 Å². The van der Waals surface area contributed by atoms with E-state index in [2.05, 4.69) is 31.5 Å². The molecule has 3 N–H and O–H groups in total. The van der Waals surface area contributed by atoms with Gasteiger partial charge in [0.2, 0.25) is 5.79 Å². The van der Waals surface area contributed by atoms with Crippen LogP contribution in [0.1, 0.15) is 145 Å². The number of amides is 2. The molecule has 1 saturated carbocycles. The first kappa shape index (κ1) is 59.1. The third kappa shape index (κ3) is 15.4. The van der Waals surface area contributed by atoms with Gasteiger partial charge in [-0.15, -0.1) is 13.2 Å². The van der Waals surface area contributed by atoms with Gasteiger partial charge in [0.25, 0.3) is 5.69 Å². The lowest BCUT2D eigenvalue weighted by Crippen LogP contribution is -2.70. The third-order valence-electron chi connectivity index (χ3n) is 15.6. The molecular formula is C63H82N4O11. The maximum atomic E-state index is 15.1. The van der Waals surface area contributed by atoms with Crippen molar-refractivity contribution in [3.8, 4) is 11.5 Å². The van der Waals surface area contributed by atoms with Crippen LogP contribution in [0.4, 0.5) is 15.3 Å². The predicted octanol–water partition coefficient (Wildman–Crippen LogP) is 13.8. The van der Waals surface area contributed by atoms with E-state index in [0.717, 1.165) is 59.6 Å². The Kier molecular flexibility index (Phi) is 23.2. The highest BCUT2D eigenvalue weighted by molar-refractivity contribution is 6.03. The largest absolute Gasteiger partial charge is 0.459 e. The van der Waals surface area contributed by atoms with Crippen LogP contribution in [0.25, 0.3) is 10.8 Å². The van der Waals surface area contributed by atoms with Gasteiger partial charge in [0.1, 0.15) is 24.1 Å². The van der Waals surface area contributed by atoms with Crippen LogP contribution in [0, 0.1) is 27.9 Å². The normalized spacial score (nSPS) is 20.6. The number of rotatable bonds is 33. The molecule has 15 nitrogen and oxygen atoms in total. The van der Waals surface area contributed by atoms with E-state index >= 15 is 4.79 Å². The topological polar surface area (TPSA) is 192 Å². The van der Waals surface area contributed by atoms with Crippen LogP contribution >= 0.6 is 0 Å². The molecule has 2 aliphatic carbocycles. The Bertz CT molecular complexity index is 2650. The fraction of sp³-hybridized carbons (Fsp3) is 0.508. The van der Waals surface area contributed by atoms with Crippen LogP contribution in [-0.4, -0.2) is 82.7 Å². The number of fused-ring (bicyclic) bond motifs is 3. The molecule has 0 radical (unpaired) electrons. The molecule has 4 aromatic carbocycles. The molecule has 2 amide bonds. The van der Waals surface area contributed by atoms with Crippen LogP contribution in [0.5, 0.6) is 11.5 Å². The summed E-state index contributed by atoms with van der Waals surface area (Å²) in [4.78, 5) is 47.6. The molecule has 3 aliphatic rings. The van der Waals surface area contributed by atoms with E-state index in [-0.39, 0.29) is 63.5 Å². The Morgan fingerprint density at radius 2 is 1.59 bits per heavy atom. The number of hydrogen-bond acceptors (Lipinski definition) is 12. The Morgan fingerprint density at radius 3 is 2.31 bits per heavy atom. The Balaban J connectivity index is 1.33. The summed E-state index contributed by atoms with van der Waals surface area (Å²) in [7, 11) is 0. The maximum absolute atomic E-state index is 15.1. The van der Waals surface area contributed by atoms with Crippen LogP contribution in [0.2, 0.25) is 0 Å². The molecule has 1 heterocycles. The molecule has 0 bridgehead atoms. The van der Waals surface area contributed by atoms with Crippen molar-refractivity contribution in [3.05, 3.63) is 149 Å². The molecular weight excluding hydrogens is 989 g/mol. The number of carbonyl (C=O) groups is 2. The number of benzene rings is 4. The number of nitrogens with zero attached hydrogens (tertiary/aromatic N) is 3. The highest BCUT2D eigenvalue weighted by Crippen LogP contribution is 2.62. The van der Waals surface area contributed by atoms with Gasteiger partial charge in [-0.25, -0.2) is 9.59 Å². The van der Waals surface area contributed by atoms with Crippen LogP contribution in [0.3, 0.4) is 0 Å². The summed E-state index contributed by atoms with van der Waals surface area (Å²) in [5.74, 6) is -1.96. The van der Waals surface area contributed by atoms with Crippen molar-refractivity contribution >= 4 is 34.4 Å². The van der Waals surface area contributed by atoms with Crippen molar-refractivity contribution in [2.75, 3.05) is 33.0 Å². The molecule has 4 aromatic rings. The summed E-state index contributed by atoms with van der Waals surface area (Å²) in [6.45, 7) is 11.0. The average Bonchev–Trinajstić information content (AvgIpc) is 3.14. The first-order valence-corrected chi connectivity index (χ1v) is 28.6. The Labute approximate surface area is 460 Å². The second-order valence-electron chi connectivity index (χ2n) is 20.9. The standard InChI is InChI=1S/C63H82N4O11/c1-4-7-9-10-11-12-13-14-15-20-36-64-61(70)77-51-34-35-57-55(42-51)59-53(29-19-22-38-69)48(25-18-21-37-68)41-54-56(65-76-45-46-30-32-50(33-31-46)67(72)73)43-58(63(78-57,60(54)59)75-39-6-3)66(62(71)74-40-8-5-2)44-49-27-23-26-47-24-16-17-28-52(47)49/h5-6,16-17,23-24,26-28,30-35,41-42,48,53,58-60,68-69H,2-4,7-15,18-22,25,29,36-40,43-45H2,1H3,(H,64,70). The van der Waals surface area contributed by atoms with Gasteiger partial charge in [0.15, 0.2) is 0 Å². The molecule has 6 unspecified atom stereocenters. The summed E-state index contributed by atoms with van der Waals surface area (Å²) >= 11 is 0. The minimum atomic E-state index is -1.60. The SMILES string of the molecule is C=CCCOC(=O)N(Cc1cccc2ccccc12)C1CC(=NOCc2ccc([N+](=O)[O-])cc2)C2=CC(CCCCO)C(CCCCO)C3c4cc(OC(=O)NCCCCCCCCCCCC)ccc4OC1(OCC=C)C23. The number of nitro benzene ring substituents is 1. The van der Waals surface area contributed by atoms with Crippen LogP contribution < -0.4 is 14.8 Å². The number of nitrogens with one attached hydrogen (secondary N) is 1. The zero-order valence-electron chi connectivity index (χ0n) is 45.7. The van der Waals surface area contributed by atoms with Crippen molar-refractivity contribution in [1.29, 1.82) is 0 Å². The highest BCUT2D eigenvalue weighted by Gasteiger charge is 2.66. The summed E-state index contributed by atoms with van der Waals surface area (Å²) in [5, 5.41) is 41.6. The van der Waals surface area contributed by atoms with Crippen molar-refractivity contribution < 1.29 is 48.5 Å².